The van der Waals surface area contributed by atoms with E-state index in [9.17, 15) is 9.59 Å². The van der Waals surface area contributed by atoms with Gasteiger partial charge in [0.15, 0.2) is 0 Å². The number of hydrogen-bond donors (Lipinski definition) is 2. The van der Waals surface area contributed by atoms with Gasteiger partial charge in [-0.05, 0) is 42.5 Å². The minimum atomic E-state index is -0.453. The second kappa shape index (κ2) is 7.89. The third-order valence-corrected chi connectivity index (χ3v) is 4.30. The van der Waals surface area contributed by atoms with Crippen molar-refractivity contribution in [3.8, 4) is 5.75 Å². The molecular formula is C20H30N2O3. The summed E-state index contributed by atoms with van der Waals surface area (Å²) < 4.78 is 5.74. The topological polar surface area (TPSA) is 67.4 Å². The first-order valence-electron chi connectivity index (χ1n) is 9.01. The largest absolute Gasteiger partial charge is 0.492 e. The molecule has 2 amide bonds. The monoisotopic (exact) mass is 346 g/mol. The predicted octanol–water partition coefficient (Wildman–Crippen LogP) is 3.38. The molecule has 1 aliphatic heterocycles. The summed E-state index contributed by atoms with van der Waals surface area (Å²) >= 11 is 0. The van der Waals surface area contributed by atoms with Crippen LogP contribution in [-0.4, -0.2) is 25.0 Å². The maximum Gasteiger partial charge on any atom is 0.229 e. The lowest BCUT2D eigenvalue weighted by molar-refractivity contribution is -0.126. The molecule has 5 heteroatoms. The summed E-state index contributed by atoms with van der Waals surface area (Å²) in [7, 11) is 0. The van der Waals surface area contributed by atoms with E-state index in [1.165, 1.54) is 0 Å². The SMILES string of the molecule is CC(C)CCNC(=O)[C@H]1COc2ccc(NC(=O)C(C)(C)C)cc2C1. The maximum atomic E-state index is 12.3. The molecule has 25 heavy (non-hydrogen) atoms. The molecule has 0 aromatic heterocycles. The third-order valence-electron chi connectivity index (χ3n) is 4.30. The Hall–Kier alpha value is -2.04. The number of nitrogens with one attached hydrogen (secondary N) is 2. The number of ether oxygens (including phenoxy) is 1. The van der Waals surface area contributed by atoms with Crippen LogP contribution in [-0.2, 0) is 16.0 Å². The molecule has 0 radical (unpaired) electrons. The Kier molecular flexibility index (Phi) is 6.09. The van der Waals surface area contributed by atoms with Crippen molar-refractivity contribution in [1.82, 2.24) is 5.32 Å². The van der Waals surface area contributed by atoms with Crippen LogP contribution in [0.5, 0.6) is 5.75 Å². The van der Waals surface area contributed by atoms with Crippen molar-refractivity contribution in [2.75, 3.05) is 18.5 Å². The average molecular weight is 346 g/mol. The summed E-state index contributed by atoms with van der Waals surface area (Å²) in [4.78, 5) is 24.5. The molecule has 2 rings (SSSR count). The van der Waals surface area contributed by atoms with Gasteiger partial charge in [-0.3, -0.25) is 9.59 Å². The van der Waals surface area contributed by atoms with Gasteiger partial charge in [-0.25, -0.2) is 0 Å². The van der Waals surface area contributed by atoms with Crippen molar-refractivity contribution >= 4 is 17.5 Å². The van der Waals surface area contributed by atoms with Gasteiger partial charge in [0.2, 0.25) is 11.8 Å². The summed E-state index contributed by atoms with van der Waals surface area (Å²) in [5.74, 6) is 1.17. The van der Waals surface area contributed by atoms with Crippen LogP contribution < -0.4 is 15.4 Å². The standard InChI is InChI=1S/C20H30N2O3/c1-13(2)8-9-21-18(23)15-10-14-11-16(6-7-17(14)25-12-15)22-19(24)20(3,4)5/h6-7,11,13,15H,8-10,12H2,1-5H3,(H,21,23)(H,22,24)/t15-/m1/s1. The van der Waals surface area contributed by atoms with Gasteiger partial charge >= 0.3 is 0 Å². The zero-order chi connectivity index (χ0) is 18.6. The van der Waals surface area contributed by atoms with Crippen LogP contribution in [0.15, 0.2) is 18.2 Å². The van der Waals surface area contributed by atoms with E-state index in [4.69, 9.17) is 4.74 Å². The molecule has 138 valence electrons. The highest BCUT2D eigenvalue weighted by atomic mass is 16.5. The lowest BCUT2D eigenvalue weighted by Crippen LogP contribution is -2.38. The van der Waals surface area contributed by atoms with E-state index in [1.54, 1.807) is 0 Å². The number of fused-ring (bicyclic) bond motifs is 1. The first kappa shape index (κ1) is 19.3. The molecule has 0 aliphatic carbocycles. The molecule has 2 N–H and O–H groups in total. The first-order valence-corrected chi connectivity index (χ1v) is 9.01. The van der Waals surface area contributed by atoms with Gasteiger partial charge in [0.1, 0.15) is 12.4 Å². The summed E-state index contributed by atoms with van der Waals surface area (Å²) in [5.41, 5.74) is 1.25. The van der Waals surface area contributed by atoms with Crippen molar-refractivity contribution in [3.05, 3.63) is 23.8 Å². The van der Waals surface area contributed by atoms with Crippen molar-refractivity contribution in [2.45, 2.75) is 47.5 Å². The second-order valence-electron chi connectivity index (χ2n) is 8.21. The van der Waals surface area contributed by atoms with Gasteiger partial charge in [0.05, 0.1) is 5.92 Å². The van der Waals surface area contributed by atoms with E-state index in [0.29, 0.717) is 25.5 Å². The summed E-state index contributed by atoms with van der Waals surface area (Å²) in [6.45, 7) is 11.0. The number of rotatable bonds is 5. The molecule has 1 heterocycles. The van der Waals surface area contributed by atoms with Gasteiger partial charge < -0.3 is 15.4 Å². The lowest BCUT2D eigenvalue weighted by atomic mass is 9.94. The highest BCUT2D eigenvalue weighted by molar-refractivity contribution is 5.94. The summed E-state index contributed by atoms with van der Waals surface area (Å²) in [5, 5.41) is 5.92. The highest BCUT2D eigenvalue weighted by Gasteiger charge is 2.27. The molecule has 0 saturated heterocycles. The van der Waals surface area contributed by atoms with Crippen molar-refractivity contribution < 1.29 is 14.3 Å². The van der Waals surface area contributed by atoms with Crippen LogP contribution in [0.3, 0.4) is 0 Å². The predicted molar refractivity (Wildman–Crippen MR) is 99.7 cm³/mol. The van der Waals surface area contributed by atoms with E-state index >= 15 is 0 Å². The van der Waals surface area contributed by atoms with E-state index in [0.717, 1.165) is 23.4 Å². The fourth-order valence-electron chi connectivity index (χ4n) is 2.59. The molecule has 1 aromatic carbocycles. The molecule has 1 aromatic rings. The Balaban J connectivity index is 2.00. The van der Waals surface area contributed by atoms with Crippen molar-refractivity contribution in [3.63, 3.8) is 0 Å². The van der Waals surface area contributed by atoms with Crippen molar-refractivity contribution in [2.24, 2.45) is 17.3 Å². The van der Waals surface area contributed by atoms with Crippen LogP contribution in [0.4, 0.5) is 5.69 Å². The Labute approximate surface area is 150 Å². The minimum Gasteiger partial charge on any atom is -0.492 e. The number of anilines is 1. The van der Waals surface area contributed by atoms with Crippen LogP contribution in [0.25, 0.3) is 0 Å². The third kappa shape index (κ3) is 5.48. The van der Waals surface area contributed by atoms with Crippen LogP contribution >= 0.6 is 0 Å². The van der Waals surface area contributed by atoms with E-state index in [2.05, 4.69) is 24.5 Å². The van der Waals surface area contributed by atoms with Crippen molar-refractivity contribution in [1.29, 1.82) is 0 Å². The molecule has 0 spiro atoms. The van der Waals surface area contributed by atoms with Gasteiger partial charge in [0, 0.05) is 17.6 Å². The number of amides is 2. The molecule has 5 nitrogen and oxygen atoms in total. The Morgan fingerprint density at radius 2 is 2.00 bits per heavy atom. The summed E-state index contributed by atoms with van der Waals surface area (Å²) in [6.07, 6.45) is 1.60. The molecule has 1 atom stereocenters. The van der Waals surface area contributed by atoms with Crippen LogP contribution in [0.1, 0.15) is 46.6 Å². The van der Waals surface area contributed by atoms with Gasteiger partial charge in [-0.2, -0.15) is 0 Å². The van der Waals surface area contributed by atoms with Gasteiger partial charge in [0.25, 0.3) is 0 Å². The molecule has 1 aliphatic rings. The van der Waals surface area contributed by atoms with Crippen LogP contribution in [0, 0.1) is 17.3 Å². The molecule has 0 fully saturated rings. The first-order chi connectivity index (χ1) is 11.7. The Morgan fingerprint density at radius 1 is 1.28 bits per heavy atom. The normalized spacial score (nSPS) is 16.8. The van der Waals surface area contributed by atoms with E-state index in [1.807, 2.05) is 39.0 Å². The van der Waals surface area contributed by atoms with Crippen LogP contribution in [0.2, 0.25) is 0 Å². The molecule has 0 saturated carbocycles. The maximum absolute atomic E-state index is 12.3. The molecule has 0 bridgehead atoms. The minimum absolute atomic E-state index is 0.0350. The smallest absolute Gasteiger partial charge is 0.229 e. The van der Waals surface area contributed by atoms with E-state index in [-0.39, 0.29) is 17.7 Å². The molecular weight excluding hydrogens is 316 g/mol. The Bertz CT molecular complexity index is 632. The summed E-state index contributed by atoms with van der Waals surface area (Å²) in [6, 6.07) is 5.61. The number of benzene rings is 1. The highest BCUT2D eigenvalue weighted by Crippen LogP contribution is 2.30. The quantitative estimate of drug-likeness (QED) is 0.859. The van der Waals surface area contributed by atoms with Gasteiger partial charge in [-0.1, -0.05) is 34.6 Å². The lowest BCUT2D eigenvalue weighted by Gasteiger charge is -2.26. The second-order valence-corrected chi connectivity index (χ2v) is 8.21. The fraction of sp³-hybridized carbons (Fsp3) is 0.600. The zero-order valence-electron chi connectivity index (χ0n) is 15.9. The molecule has 0 unspecified atom stereocenters. The number of carbonyl (C=O) groups is 2. The fourth-order valence-corrected chi connectivity index (χ4v) is 2.59. The van der Waals surface area contributed by atoms with E-state index < -0.39 is 5.41 Å². The zero-order valence-corrected chi connectivity index (χ0v) is 15.9. The average Bonchev–Trinajstić information content (AvgIpc) is 2.52. The van der Waals surface area contributed by atoms with Gasteiger partial charge in [-0.15, -0.1) is 0 Å². The number of carbonyl (C=O) groups excluding carboxylic acids is 2. The number of hydrogen-bond acceptors (Lipinski definition) is 3. The Morgan fingerprint density at radius 3 is 2.64 bits per heavy atom.